The number of nitrogens with one attached hydrogen (secondary N) is 1. The lowest BCUT2D eigenvalue weighted by Crippen LogP contribution is -2.36. The molecule has 0 spiro atoms. The molecule has 2 aliphatic rings. The van der Waals surface area contributed by atoms with Gasteiger partial charge >= 0.3 is 0 Å². The van der Waals surface area contributed by atoms with E-state index in [0.717, 1.165) is 52.9 Å². The van der Waals surface area contributed by atoms with Crippen LogP contribution in [0.3, 0.4) is 0 Å². The van der Waals surface area contributed by atoms with Crippen LogP contribution in [0.5, 0.6) is 0 Å². The summed E-state index contributed by atoms with van der Waals surface area (Å²) < 4.78 is 0. The van der Waals surface area contributed by atoms with Gasteiger partial charge in [-0.15, -0.1) is 0 Å². The first kappa shape index (κ1) is 18.5. The summed E-state index contributed by atoms with van der Waals surface area (Å²) in [6, 6.07) is 11.9. The molecule has 2 aromatic heterocycles. The minimum absolute atomic E-state index is 0.0709. The van der Waals surface area contributed by atoms with E-state index >= 15 is 0 Å². The number of nitriles is 1. The minimum Gasteiger partial charge on any atom is -0.331 e. The first-order valence-corrected chi connectivity index (χ1v) is 10.3. The fraction of sp³-hybridized carbons (Fsp3) is 0.348. The summed E-state index contributed by atoms with van der Waals surface area (Å²) in [7, 11) is 0. The lowest BCUT2D eigenvalue weighted by molar-refractivity contribution is 0.0683. The van der Waals surface area contributed by atoms with E-state index in [1.165, 1.54) is 0 Å². The maximum atomic E-state index is 13.3. The number of benzene rings is 1. The summed E-state index contributed by atoms with van der Waals surface area (Å²) >= 11 is 0. The number of hydrogen-bond donors (Lipinski definition) is 1. The Morgan fingerprint density at radius 2 is 2.07 bits per heavy atom. The summed E-state index contributed by atoms with van der Waals surface area (Å²) in [6.07, 6.45) is 4.96. The van der Waals surface area contributed by atoms with Crippen molar-refractivity contribution in [3.05, 3.63) is 75.9 Å². The molecule has 3 heterocycles. The normalized spacial score (nSPS) is 20.0. The molecule has 2 atom stereocenters. The van der Waals surface area contributed by atoms with Crippen LogP contribution in [-0.4, -0.2) is 37.7 Å². The van der Waals surface area contributed by atoms with Gasteiger partial charge in [-0.3, -0.25) is 4.79 Å². The third-order valence-corrected chi connectivity index (χ3v) is 6.41. The Labute approximate surface area is 174 Å². The van der Waals surface area contributed by atoms with Gasteiger partial charge in [0.2, 0.25) is 0 Å². The lowest BCUT2D eigenvalue weighted by Gasteiger charge is -2.31. The lowest BCUT2D eigenvalue weighted by atomic mass is 9.88. The van der Waals surface area contributed by atoms with Crippen molar-refractivity contribution in [1.29, 1.82) is 5.26 Å². The van der Waals surface area contributed by atoms with Gasteiger partial charge in [0.05, 0.1) is 17.4 Å². The number of carbonyl (C=O) groups is 1. The van der Waals surface area contributed by atoms with E-state index in [9.17, 15) is 10.1 Å². The number of aryl methyl sites for hydroxylation is 2. The molecule has 0 bridgehead atoms. The molecule has 2 unspecified atom stereocenters. The smallest absolute Gasteiger partial charge is 0.254 e. The zero-order valence-corrected chi connectivity index (χ0v) is 16.8. The number of aromatic nitrogens is 4. The number of nitrogens with zero attached hydrogens (tertiary/aromatic N) is 5. The Bertz CT molecular complexity index is 1160. The van der Waals surface area contributed by atoms with Crippen LogP contribution in [0.25, 0.3) is 0 Å². The standard InChI is InChI=1S/C23H22N6O/c1-14-8-9-25-21(12-24)18(14)11-22-16-4-2-3-5-17(16)23(30)29(22)13-15-6-7-19-20(10-15)27-28-26-19/h2-5,8-9,15,22H,6-7,10-11,13H2,1H3,(H,26,27,28). The zero-order valence-electron chi connectivity index (χ0n) is 16.8. The van der Waals surface area contributed by atoms with Crippen LogP contribution >= 0.6 is 0 Å². The molecule has 7 heteroatoms. The highest BCUT2D eigenvalue weighted by Crippen LogP contribution is 2.38. The molecule has 5 rings (SSSR count). The van der Waals surface area contributed by atoms with Crippen molar-refractivity contribution in [2.24, 2.45) is 5.92 Å². The maximum Gasteiger partial charge on any atom is 0.254 e. The molecule has 1 aliphatic carbocycles. The number of carbonyl (C=O) groups excluding carboxylic acids is 1. The fourth-order valence-corrected chi connectivity index (χ4v) is 4.80. The summed E-state index contributed by atoms with van der Waals surface area (Å²) in [5.74, 6) is 0.412. The summed E-state index contributed by atoms with van der Waals surface area (Å²) in [5, 5.41) is 20.8. The molecule has 0 saturated carbocycles. The number of rotatable bonds is 4. The second-order valence-electron chi connectivity index (χ2n) is 8.16. The van der Waals surface area contributed by atoms with Crippen molar-refractivity contribution < 1.29 is 4.79 Å². The van der Waals surface area contributed by atoms with E-state index in [-0.39, 0.29) is 11.9 Å². The van der Waals surface area contributed by atoms with Gasteiger partial charge in [-0.1, -0.05) is 18.2 Å². The van der Waals surface area contributed by atoms with Crippen LogP contribution in [-0.2, 0) is 19.3 Å². The quantitative estimate of drug-likeness (QED) is 0.729. The molecule has 0 saturated heterocycles. The van der Waals surface area contributed by atoms with E-state index in [1.807, 2.05) is 42.2 Å². The van der Waals surface area contributed by atoms with Gasteiger partial charge in [-0.05, 0) is 60.9 Å². The monoisotopic (exact) mass is 398 g/mol. The third-order valence-electron chi connectivity index (χ3n) is 6.41. The van der Waals surface area contributed by atoms with Gasteiger partial charge in [0.15, 0.2) is 0 Å². The van der Waals surface area contributed by atoms with E-state index in [1.54, 1.807) is 6.20 Å². The predicted molar refractivity (Wildman–Crippen MR) is 110 cm³/mol. The van der Waals surface area contributed by atoms with Crippen LogP contribution in [0.4, 0.5) is 0 Å². The Morgan fingerprint density at radius 3 is 2.93 bits per heavy atom. The Hall–Kier alpha value is -3.53. The van der Waals surface area contributed by atoms with Crippen molar-refractivity contribution in [3.8, 4) is 6.07 Å². The van der Waals surface area contributed by atoms with E-state index in [0.29, 0.717) is 24.6 Å². The molecule has 1 amide bonds. The third kappa shape index (κ3) is 3.05. The van der Waals surface area contributed by atoms with Crippen LogP contribution in [0.15, 0.2) is 36.5 Å². The molecule has 1 aromatic carbocycles. The Balaban J connectivity index is 1.47. The number of hydrogen-bond acceptors (Lipinski definition) is 5. The van der Waals surface area contributed by atoms with E-state index in [4.69, 9.17) is 0 Å². The maximum absolute atomic E-state index is 13.3. The van der Waals surface area contributed by atoms with Crippen LogP contribution in [0.1, 0.15) is 56.6 Å². The van der Waals surface area contributed by atoms with Gasteiger partial charge < -0.3 is 4.90 Å². The van der Waals surface area contributed by atoms with Gasteiger partial charge in [-0.25, -0.2) is 4.98 Å². The Morgan fingerprint density at radius 1 is 1.23 bits per heavy atom. The van der Waals surface area contributed by atoms with Gasteiger partial charge in [0.1, 0.15) is 11.8 Å². The van der Waals surface area contributed by atoms with E-state index < -0.39 is 0 Å². The number of H-pyrrole nitrogens is 1. The first-order valence-electron chi connectivity index (χ1n) is 10.3. The molecule has 3 aromatic rings. The zero-order chi connectivity index (χ0) is 20.7. The second-order valence-corrected chi connectivity index (χ2v) is 8.16. The Kier molecular flexibility index (Phi) is 4.55. The van der Waals surface area contributed by atoms with Crippen LogP contribution in [0, 0.1) is 24.2 Å². The molecule has 1 aliphatic heterocycles. The molecule has 150 valence electrons. The average molecular weight is 398 g/mol. The highest BCUT2D eigenvalue weighted by Gasteiger charge is 2.38. The molecular weight excluding hydrogens is 376 g/mol. The summed E-state index contributed by atoms with van der Waals surface area (Å²) in [4.78, 5) is 19.6. The molecule has 30 heavy (non-hydrogen) atoms. The minimum atomic E-state index is -0.0950. The van der Waals surface area contributed by atoms with Crippen molar-refractivity contribution in [3.63, 3.8) is 0 Å². The molecule has 7 nitrogen and oxygen atoms in total. The summed E-state index contributed by atoms with van der Waals surface area (Å²) in [6.45, 7) is 2.67. The van der Waals surface area contributed by atoms with Gasteiger partial charge in [-0.2, -0.15) is 20.7 Å². The molecule has 0 radical (unpaired) electrons. The molecule has 0 fully saturated rings. The van der Waals surface area contributed by atoms with Gasteiger partial charge in [0, 0.05) is 24.7 Å². The van der Waals surface area contributed by atoms with Gasteiger partial charge in [0.25, 0.3) is 5.91 Å². The summed E-state index contributed by atoms with van der Waals surface area (Å²) in [5.41, 5.74) is 6.25. The SMILES string of the molecule is Cc1ccnc(C#N)c1CC1c2ccccc2C(=O)N1CC1CCc2n[nH]nc2C1. The van der Waals surface area contributed by atoms with Crippen molar-refractivity contribution >= 4 is 5.91 Å². The highest BCUT2D eigenvalue weighted by atomic mass is 16.2. The molecule has 1 N–H and O–H groups in total. The fourth-order valence-electron chi connectivity index (χ4n) is 4.80. The number of fused-ring (bicyclic) bond motifs is 2. The van der Waals surface area contributed by atoms with Crippen LogP contribution in [0.2, 0.25) is 0 Å². The van der Waals surface area contributed by atoms with Crippen molar-refractivity contribution in [1.82, 2.24) is 25.3 Å². The predicted octanol–water partition coefficient (Wildman–Crippen LogP) is 2.92. The topological polar surface area (TPSA) is 98.6 Å². The largest absolute Gasteiger partial charge is 0.331 e. The number of aromatic amines is 1. The number of amides is 1. The average Bonchev–Trinajstić information content (AvgIpc) is 3.33. The highest BCUT2D eigenvalue weighted by molar-refractivity contribution is 5.99. The van der Waals surface area contributed by atoms with Crippen molar-refractivity contribution in [2.45, 2.75) is 38.6 Å². The first-order chi connectivity index (χ1) is 14.7. The molecular formula is C23H22N6O. The van der Waals surface area contributed by atoms with Crippen LogP contribution < -0.4 is 0 Å². The second kappa shape index (κ2) is 7.38. The van der Waals surface area contributed by atoms with Crippen molar-refractivity contribution in [2.75, 3.05) is 6.54 Å². The number of pyridine rings is 1. The van der Waals surface area contributed by atoms with E-state index in [2.05, 4.69) is 26.5 Å².